The van der Waals surface area contributed by atoms with Crippen LogP contribution in [-0.4, -0.2) is 47.6 Å². The second-order valence-electron chi connectivity index (χ2n) is 15.0. The predicted octanol–water partition coefficient (Wildman–Crippen LogP) is 9.44. The SMILES string of the molecule is CSC(C)(C)C#Cc1ccc(-c2ccc(Cl)c3c(N)nn(CC(F)(F)F)c23)c(C(Cc2cc(F)cc(F)c2)NC(=O)Cn2nc(C(F)(F)F)c3c2C(F)(F)C2C(C)C32)n1. The summed E-state index contributed by atoms with van der Waals surface area (Å²) in [5.74, 6) is -4.61. The maximum Gasteiger partial charge on any atom is 0.435 e. The minimum atomic E-state index is -5.12. The van der Waals surface area contributed by atoms with Crippen LogP contribution in [0.25, 0.3) is 22.0 Å². The van der Waals surface area contributed by atoms with E-state index in [2.05, 4.69) is 32.3 Å². The molecule has 312 valence electrons. The van der Waals surface area contributed by atoms with Crippen molar-refractivity contribution < 1.29 is 48.7 Å². The third kappa shape index (κ3) is 8.05. The average molecular weight is 872 g/mol. The van der Waals surface area contributed by atoms with Gasteiger partial charge in [0.25, 0.3) is 5.92 Å². The molecular formula is C39H32ClF10N7OS. The van der Waals surface area contributed by atoms with Crippen LogP contribution in [0.4, 0.5) is 49.7 Å². The first-order chi connectivity index (χ1) is 27.4. The van der Waals surface area contributed by atoms with Crippen molar-refractivity contribution >= 4 is 46.0 Å². The van der Waals surface area contributed by atoms with Crippen LogP contribution >= 0.6 is 23.4 Å². The van der Waals surface area contributed by atoms with Gasteiger partial charge in [0.15, 0.2) is 11.5 Å². The highest BCUT2D eigenvalue weighted by Gasteiger charge is 2.72. The molecule has 4 unspecified atom stereocenters. The van der Waals surface area contributed by atoms with Gasteiger partial charge in [-0.2, -0.15) is 45.3 Å². The van der Waals surface area contributed by atoms with E-state index < -0.39 is 101 Å². The Morgan fingerprint density at radius 2 is 1.68 bits per heavy atom. The third-order valence-electron chi connectivity index (χ3n) is 10.4. The molecule has 2 aliphatic carbocycles. The van der Waals surface area contributed by atoms with Gasteiger partial charge in [0.2, 0.25) is 5.91 Å². The number of nitrogens with zero attached hydrogens (tertiary/aromatic N) is 5. The van der Waals surface area contributed by atoms with Crippen molar-refractivity contribution in [3.8, 4) is 23.0 Å². The second kappa shape index (κ2) is 14.6. The van der Waals surface area contributed by atoms with Crippen molar-refractivity contribution in [3.63, 3.8) is 0 Å². The minimum Gasteiger partial charge on any atom is -0.382 e. The molecule has 5 aromatic rings. The van der Waals surface area contributed by atoms with Gasteiger partial charge < -0.3 is 11.1 Å². The van der Waals surface area contributed by atoms with Gasteiger partial charge >= 0.3 is 12.4 Å². The Balaban J connectivity index is 1.40. The van der Waals surface area contributed by atoms with Gasteiger partial charge in [0.1, 0.15) is 36.1 Å². The molecule has 3 N–H and O–H groups in total. The van der Waals surface area contributed by atoms with Gasteiger partial charge in [-0.05, 0) is 74.3 Å². The number of fused-ring (bicyclic) bond motifs is 4. The summed E-state index contributed by atoms with van der Waals surface area (Å²) in [4.78, 5) is 18.6. The molecule has 8 nitrogen and oxygen atoms in total. The highest BCUT2D eigenvalue weighted by molar-refractivity contribution is 8.00. The largest absolute Gasteiger partial charge is 0.435 e. The molecule has 2 aliphatic rings. The molecule has 0 spiro atoms. The maximum absolute atomic E-state index is 15.6. The number of pyridine rings is 1. The van der Waals surface area contributed by atoms with E-state index in [-0.39, 0.29) is 49.8 Å². The molecule has 0 radical (unpaired) electrons. The first kappa shape index (κ1) is 42.2. The molecule has 4 atom stereocenters. The van der Waals surface area contributed by atoms with Crippen LogP contribution in [0.5, 0.6) is 0 Å². The number of nitrogen functional groups attached to an aromatic ring is 1. The van der Waals surface area contributed by atoms with Gasteiger partial charge in [0, 0.05) is 34.6 Å². The molecule has 0 bridgehead atoms. The van der Waals surface area contributed by atoms with Gasteiger partial charge in [-0.1, -0.05) is 30.5 Å². The Morgan fingerprint density at radius 3 is 2.31 bits per heavy atom. The van der Waals surface area contributed by atoms with Gasteiger partial charge in [-0.3, -0.25) is 14.2 Å². The zero-order valence-electron chi connectivity index (χ0n) is 31.3. The van der Waals surface area contributed by atoms with Crippen LogP contribution in [0.15, 0.2) is 42.5 Å². The zero-order chi connectivity index (χ0) is 43.1. The highest BCUT2D eigenvalue weighted by Crippen LogP contribution is 2.71. The molecule has 1 amide bonds. The number of rotatable bonds is 9. The number of halogens is 11. The summed E-state index contributed by atoms with van der Waals surface area (Å²) in [6.45, 7) is 2.29. The van der Waals surface area contributed by atoms with Crippen LogP contribution in [0.3, 0.4) is 0 Å². The van der Waals surface area contributed by atoms with Crippen molar-refractivity contribution in [1.29, 1.82) is 0 Å². The van der Waals surface area contributed by atoms with E-state index in [1.54, 1.807) is 0 Å². The van der Waals surface area contributed by atoms with Gasteiger partial charge in [-0.25, -0.2) is 13.8 Å². The molecule has 20 heteroatoms. The number of thioether (sulfide) groups is 1. The molecule has 0 saturated heterocycles. The number of aromatic nitrogens is 5. The summed E-state index contributed by atoms with van der Waals surface area (Å²) in [5, 5.41) is 9.78. The number of benzene rings is 2. The van der Waals surface area contributed by atoms with Crippen molar-refractivity contribution in [2.24, 2.45) is 11.8 Å². The summed E-state index contributed by atoms with van der Waals surface area (Å²) in [7, 11) is 0. The molecule has 1 saturated carbocycles. The summed E-state index contributed by atoms with van der Waals surface area (Å²) < 4.78 is 145. The Hall–Kier alpha value is -4.96. The van der Waals surface area contributed by atoms with E-state index in [1.165, 1.54) is 43.0 Å². The summed E-state index contributed by atoms with van der Waals surface area (Å²) >= 11 is 7.82. The number of carbonyl (C=O) groups is 1. The summed E-state index contributed by atoms with van der Waals surface area (Å²) in [6, 6.07) is 6.54. The molecule has 0 aliphatic heterocycles. The Kier molecular flexibility index (Phi) is 10.5. The van der Waals surface area contributed by atoms with E-state index in [0.717, 1.165) is 12.1 Å². The van der Waals surface area contributed by atoms with E-state index in [9.17, 15) is 39.9 Å². The van der Waals surface area contributed by atoms with Crippen LogP contribution in [-0.2, 0) is 36.4 Å². The number of anilines is 1. The quantitative estimate of drug-likeness (QED) is 0.113. The average Bonchev–Trinajstić information content (AvgIpc) is 3.34. The van der Waals surface area contributed by atoms with Gasteiger partial charge in [0.05, 0.1) is 32.4 Å². The molecular weight excluding hydrogens is 840 g/mol. The molecule has 59 heavy (non-hydrogen) atoms. The lowest BCUT2D eigenvalue weighted by Gasteiger charge is -2.23. The monoisotopic (exact) mass is 871 g/mol. The normalized spacial score (nSPS) is 18.9. The van der Waals surface area contributed by atoms with Crippen molar-refractivity contribution in [1.82, 2.24) is 29.9 Å². The van der Waals surface area contributed by atoms with Crippen molar-refractivity contribution in [3.05, 3.63) is 93.0 Å². The number of nitrogens with two attached hydrogens (primary N) is 1. The fourth-order valence-corrected chi connectivity index (χ4v) is 8.16. The van der Waals surface area contributed by atoms with E-state index in [4.69, 9.17) is 17.3 Å². The van der Waals surface area contributed by atoms with E-state index >= 15 is 8.78 Å². The number of hydrogen-bond donors (Lipinski definition) is 2. The highest BCUT2D eigenvalue weighted by atomic mass is 35.5. The Bertz CT molecular complexity index is 2550. The van der Waals surface area contributed by atoms with Crippen LogP contribution in [0.1, 0.15) is 66.6 Å². The number of carbonyl (C=O) groups excluding carboxylic acids is 1. The molecule has 1 fully saturated rings. The number of amides is 1. The minimum absolute atomic E-state index is 0.0154. The summed E-state index contributed by atoms with van der Waals surface area (Å²) in [6.07, 6.45) is -8.58. The van der Waals surface area contributed by atoms with Crippen molar-refractivity contribution in [2.75, 3.05) is 12.0 Å². The predicted molar refractivity (Wildman–Crippen MR) is 200 cm³/mol. The van der Waals surface area contributed by atoms with Gasteiger partial charge in [-0.15, -0.1) is 11.8 Å². The van der Waals surface area contributed by atoms with Crippen LogP contribution in [0, 0.1) is 35.3 Å². The fraction of sp³-hybridized carbons (Fsp3) is 0.385. The smallest absolute Gasteiger partial charge is 0.382 e. The lowest BCUT2D eigenvalue weighted by Crippen LogP contribution is -2.35. The molecule has 2 aromatic carbocycles. The van der Waals surface area contributed by atoms with E-state index in [1.807, 2.05) is 20.1 Å². The van der Waals surface area contributed by atoms with Crippen LogP contribution in [0.2, 0.25) is 5.02 Å². The third-order valence-corrected chi connectivity index (χ3v) is 11.9. The first-order valence-electron chi connectivity index (χ1n) is 17.8. The Morgan fingerprint density at radius 1 is 1.02 bits per heavy atom. The lowest BCUT2D eigenvalue weighted by atomic mass is 9.93. The molecule has 3 aromatic heterocycles. The van der Waals surface area contributed by atoms with Crippen molar-refractivity contribution in [2.45, 2.75) is 75.3 Å². The lowest BCUT2D eigenvalue weighted by molar-refractivity contribution is -0.143. The molecule has 3 heterocycles. The summed E-state index contributed by atoms with van der Waals surface area (Å²) in [5.41, 5.74) is 2.54. The van der Waals surface area contributed by atoms with E-state index in [0.29, 0.717) is 15.4 Å². The molecule has 7 rings (SSSR count). The second-order valence-corrected chi connectivity index (χ2v) is 16.8. The zero-order valence-corrected chi connectivity index (χ0v) is 32.8. The topological polar surface area (TPSA) is 104 Å². The maximum atomic E-state index is 15.6. The standard InChI is InChI=1S/C39H32ClF10N7OS/c1-17-27-29-33(39(48,49)50)54-56(34(29)38(46,47)30(17)27)15-26(58)53-25(13-18-11-19(41)14-20(42)12-18)31-22(6-5-21(52-31)9-10-36(2,3)59-4)23-7-8-24(40)28-32(23)57(55-35(28)51)16-37(43,44)45/h5-8,11-12,14,17,25,27,30H,13,15-16H2,1-4H3,(H2,51,55)(H,53,58). The number of alkyl halides is 8. The first-order valence-corrected chi connectivity index (χ1v) is 19.4. The number of hydrogen-bond acceptors (Lipinski definition) is 6. The Labute approximate surface area is 338 Å². The number of nitrogens with one attached hydrogen (secondary N) is 1. The fourth-order valence-electron chi connectivity index (χ4n) is 7.76. The van der Waals surface area contributed by atoms with Crippen LogP contribution < -0.4 is 11.1 Å².